The quantitative estimate of drug-likeness (QED) is 0.577. The van der Waals surface area contributed by atoms with Gasteiger partial charge in [-0.15, -0.1) is 0 Å². The normalized spacial score (nSPS) is 18.7. The zero-order valence-electron chi connectivity index (χ0n) is 17.2. The largest absolute Gasteiger partial charge is 0.481 e. The van der Waals surface area contributed by atoms with Crippen LogP contribution in [0.3, 0.4) is 0 Å². The molecule has 1 aromatic heterocycles. The van der Waals surface area contributed by atoms with Crippen molar-refractivity contribution in [2.75, 3.05) is 11.9 Å². The molecule has 0 unspecified atom stereocenters. The van der Waals surface area contributed by atoms with Gasteiger partial charge < -0.3 is 10.4 Å². The molecule has 1 aliphatic carbocycles. The van der Waals surface area contributed by atoms with Crippen molar-refractivity contribution in [3.8, 4) is 22.5 Å². The molecule has 2 aromatic carbocycles. The molecule has 4 rings (SSSR count). The fraction of sp³-hybridized carbons (Fsp3) is 0.320. The number of benzene rings is 2. The van der Waals surface area contributed by atoms with Crippen LogP contribution in [0.5, 0.6) is 0 Å². The fourth-order valence-electron chi connectivity index (χ4n) is 4.00. The predicted molar refractivity (Wildman–Crippen MR) is 119 cm³/mol. The lowest BCUT2D eigenvalue weighted by Gasteiger charge is -2.26. The molecule has 30 heavy (non-hydrogen) atoms. The van der Waals surface area contributed by atoms with Gasteiger partial charge in [0.25, 0.3) is 0 Å². The summed E-state index contributed by atoms with van der Waals surface area (Å²) in [4.78, 5) is 20.7. The van der Waals surface area contributed by atoms with Crippen LogP contribution in [0.25, 0.3) is 22.5 Å². The third-order valence-electron chi connectivity index (χ3n) is 5.89. The van der Waals surface area contributed by atoms with E-state index in [-0.39, 0.29) is 5.92 Å². The van der Waals surface area contributed by atoms with E-state index in [2.05, 4.69) is 48.6 Å². The highest BCUT2D eigenvalue weighted by Crippen LogP contribution is 2.30. The number of nitrogens with one attached hydrogen (secondary N) is 1. The van der Waals surface area contributed by atoms with E-state index in [0.717, 1.165) is 54.7 Å². The van der Waals surface area contributed by atoms with E-state index in [9.17, 15) is 9.90 Å². The molecular weight excluding hydrogens is 374 g/mol. The average molecular weight is 402 g/mol. The van der Waals surface area contributed by atoms with E-state index in [4.69, 9.17) is 9.97 Å². The summed E-state index contributed by atoms with van der Waals surface area (Å²) in [6, 6.07) is 20.5. The molecule has 1 fully saturated rings. The Morgan fingerprint density at radius 2 is 1.53 bits per heavy atom. The monoisotopic (exact) mass is 401 g/mol. The Balaban J connectivity index is 1.55. The summed E-state index contributed by atoms with van der Waals surface area (Å²) < 4.78 is 0. The summed E-state index contributed by atoms with van der Waals surface area (Å²) in [5.74, 6) is 0.217. The second-order valence-electron chi connectivity index (χ2n) is 8.13. The summed E-state index contributed by atoms with van der Waals surface area (Å²) in [7, 11) is 0. The fourth-order valence-corrected chi connectivity index (χ4v) is 4.00. The minimum absolute atomic E-state index is 0.188. The highest BCUT2D eigenvalue weighted by Gasteiger charge is 2.25. The highest BCUT2D eigenvalue weighted by atomic mass is 16.4. The summed E-state index contributed by atoms with van der Waals surface area (Å²) in [6.45, 7) is 2.84. The number of hydrogen-bond acceptors (Lipinski definition) is 4. The predicted octanol–water partition coefficient (Wildman–Crippen LogP) is 5.42. The van der Waals surface area contributed by atoms with Crippen molar-refractivity contribution in [3.63, 3.8) is 0 Å². The molecule has 3 aromatic rings. The first-order valence-corrected chi connectivity index (χ1v) is 10.6. The lowest BCUT2D eigenvalue weighted by molar-refractivity contribution is -0.143. The third-order valence-corrected chi connectivity index (χ3v) is 5.89. The van der Waals surface area contributed by atoms with Crippen LogP contribution in [0, 0.1) is 18.8 Å². The number of rotatable bonds is 6. The summed E-state index contributed by atoms with van der Waals surface area (Å²) in [5.41, 5.74) is 5.11. The molecule has 1 saturated carbocycles. The third kappa shape index (κ3) is 4.85. The van der Waals surface area contributed by atoms with Gasteiger partial charge in [-0.3, -0.25) is 4.79 Å². The van der Waals surface area contributed by atoms with Crippen molar-refractivity contribution >= 4 is 11.9 Å². The van der Waals surface area contributed by atoms with Crippen LogP contribution in [-0.2, 0) is 4.79 Å². The molecule has 154 valence electrons. The smallest absolute Gasteiger partial charge is 0.306 e. The maximum Gasteiger partial charge on any atom is 0.306 e. The van der Waals surface area contributed by atoms with E-state index in [1.807, 2.05) is 24.3 Å². The van der Waals surface area contributed by atoms with Gasteiger partial charge in [0, 0.05) is 17.7 Å². The Bertz CT molecular complexity index is 995. The van der Waals surface area contributed by atoms with Crippen molar-refractivity contribution in [1.82, 2.24) is 9.97 Å². The number of aryl methyl sites for hydroxylation is 1. The minimum Gasteiger partial charge on any atom is -0.481 e. The first-order valence-electron chi connectivity index (χ1n) is 10.6. The topological polar surface area (TPSA) is 75.1 Å². The molecule has 0 atom stereocenters. The summed E-state index contributed by atoms with van der Waals surface area (Å²) in [6.07, 6.45) is 3.35. The van der Waals surface area contributed by atoms with Crippen molar-refractivity contribution in [3.05, 3.63) is 66.2 Å². The van der Waals surface area contributed by atoms with Gasteiger partial charge in [0.15, 0.2) is 0 Å². The molecule has 5 heteroatoms. The van der Waals surface area contributed by atoms with Crippen LogP contribution in [-0.4, -0.2) is 27.6 Å². The van der Waals surface area contributed by atoms with Crippen molar-refractivity contribution in [2.45, 2.75) is 32.6 Å². The van der Waals surface area contributed by atoms with E-state index in [1.165, 1.54) is 5.56 Å². The van der Waals surface area contributed by atoms with Crippen molar-refractivity contribution in [2.24, 2.45) is 11.8 Å². The molecule has 5 nitrogen and oxygen atoms in total. The van der Waals surface area contributed by atoms with Crippen molar-refractivity contribution < 1.29 is 9.90 Å². The molecule has 0 radical (unpaired) electrons. The van der Waals surface area contributed by atoms with Gasteiger partial charge in [-0.05, 0) is 44.6 Å². The number of aromatic nitrogens is 2. The summed E-state index contributed by atoms with van der Waals surface area (Å²) in [5, 5.41) is 12.6. The Labute approximate surface area is 177 Å². The number of carboxylic acids is 1. The molecule has 0 saturated heterocycles. The molecule has 2 N–H and O–H groups in total. The zero-order valence-corrected chi connectivity index (χ0v) is 17.2. The second kappa shape index (κ2) is 9.08. The van der Waals surface area contributed by atoms with Crippen LogP contribution >= 0.6 is 0 Å². The minimum atomic E-state index is -0.664. The Morgan fingerprint density at radius 1 is 0.933 bits per heavy atom. The molecule has 0 bridgehead atoms. The standard InChI is InChI=1S/C25H27N3O2/c1-17-7-11-20(12-8-17)23-15-22(19-5-3-2-4-6-19)27-25(28-23)26-16-18-9-13-21(14-10-18)24(29)30/h2-8,11-12,15,18,21H,9-10,13-14,16H2,1H3,(H,29,30)(H,26,27,28). The lowest BCUT2D eigenvalue weighted by Crippen LogP contribution is -2.25. The second-order valence-corrected chi connectivity index (χ2v) is 8.13. The van der Waals surface area contributed by atoms with E-state index in [0.29, 0.717) is 11.9 Å². The Kier molecular flexibility index (Phi) is 6.07. The molecular formula is C25H27N3O2. The summed E-state index contributed by atoms with van der Waals surface area (Å²) >= 11 is 0. The van der Waals surface area contributed by atoms with Crippen LogP contribution in [0.2, 0.25) is 0 Å². The van der Waals surface area contributed by atoms with Crippen LogP contribution in [0.4, 0.5) is 5.95 Å². The number of carbonyl (C=O) groups is 1. The first-order chi connectivity index (χ1) is 14.6. The maximum absolute atomic E-state index is 11.2. The lowest BCUT2D eigenvalue weighted by atomic mass is 9.82. The van der Waals surface area contributed by atoms with Crippen LogP contribution in [0.1, 0.15) is 31.2 Å². The Morgan fingerprint density at radius 3 is 2.13 bits per heavy atom. The van der Waals surface area contributed by atoms with Gasteiger partial charge in [0.2, 0.25) is 5.95 Å². The SMILES string of the molecule is Cc1ccc(-c2cc(-c3ccccc3)nc(NCC3CCC(C(=O)O)CC3)n2)cc1. The first kappa shape index (κ1) is 20.1. The molecule has 0 aliphatic heterocycles. The van der Waals surface area contributed by atoms with Crippen LogP contribution in [0.15, 0.2) is 60.7 Å². The van der Waals surface area contributed by atoms with Gasteiger partial charge in [0.1, 0.15) is 0 Å². The molecule has 1 aliphatic rings. The molecule has 0 spiro atoms. The van der Waals surface area contributed by atoms with Gasteiger partial charge in [-0.1, -0.05) is 60.2 Å². The maximum atomic E-state index is 11.2. The van der Waals surface area contributed by atoms with Gasteiger partial charge in [-0.25, -0.2) is 9.97 Å². The van der Waals surface area contributed by atoms with E-state index < -0.39 is 5.97 Å². The molecule has 0 amide bonds. The molecule has 1 heterocycles. The zero-order chi connectivity index (χ0) is 20.9. The number of carboxylic acid groups (broad SMARTS) is 1. The van der Waals surface area contributed by atoms with E-state index >= 15 is 0 Å². The number of anilines is 1. The number of nitrogens with zero attached hydrogens (tertiary/aromatic N) is 2. The van der Waals surface area contributed by atoms with E-state index in [1.54, 1.807) is 0 Å². The highest BCUT2D eigenvalue weighted by molar-refractivity contribution is 5.70. The average Bonchev–Trinajstić information content (AvgIpc) is 2.79. The Hall–Kier alpha value is -3.21. The van der Waals surface area contributed by atoms with Gasteiger partial charge in [0.05, 0.1) is 17.3 Å². The van der Waals surface area contributed by atoms with Crippen molar-refractivity contribution in [1.29, 1.82) is 0 Å². The van der Waals surface area contributed by atoms with Crippen LogP contribution < -0.4 is 5.32 Å². The van der Waals surface area contributed by atoms with Gasteiger partial charge >= 0.3 is 5.97 Å². The number of aliphatic carboxylic acids is 1. The number of hydrogen-bond donors (Lipinski definition) is 2. The van der Waals surface area contributed by atoms with Gasteiger partial charge in [-0.2, -0.15) is 0 Å².